The van der Waals surface area contributed by atoms with Gasteiger partial charge in [-0.1, -0.05) is 48.0 Å². The van der Waals surface area contributed by atoms with Crippen molar-refractivity contribution in [3.63, 3.8) is 0 Å². The van der Waals surface area contributed by atoms with Crippen LogP contribution < -0.4 is 0 Å². The molecule has 1 atom stereocenters. The minimum absolute atomic E-state index is 0. The molecule has 0 aromatic rings. The third kappa shape index (κ3) is 8.00. The zero-order valence-electron chi connectivity index (χ0n) is 7.28. The Hall–Kier alpha value is 0. The first-order chi connectivity index (χ1) is 4.16. The zero-order valence-corrected chi connectivity index (χ0v) is 7.28. The van der Waals surface area contributed by atoms with E-state index in [2.05, 4.69) is 27.7 Å². The topological polar surface area (TPSA) is 0 Å². The lowest BCUT2D eigenvalue weighted by Crippen LogP contribution is -1.98. The van der Waals surface area contributed by atoms with E-state index in [0.29, 0.717) is 0 Å². The molecule has 0 spiro atoms. The van der Waals surface area contributed by atoms with Crippen molar-refractivity contribution >= 4 is 0 Å². The van der Waals surface area contributed by atoms with Crippen molar-refractivity contribution in [2.24, 2.45) is 11.8 Å². The van der Waals surface area contributed by atoms with Gasteiger partial charge < -0.3 is 0 Å². The van der Waals surface area contributed by atoms with E-state index in [1.54, 1.807) is 0 Å². The maximum atomic E-state index is 2.35. The Kier molecular flexibility index (Phi) is 9.00. The smallest absolute Gasteiger partial charge is 0.0440 e. The van der Waals surface area contributed by atoms with Gasteiger partial charge in [0.25, 0.3) is 0 Å². The molecule has 0 saturated carbocycles. The second kappa shape index (κ2) is 7.11. The second-order valence-electron chi connectivity index (χ2n) is 3.52. The second-order valence-corrected chi connectivity index (χ2v) is 3.52. The average Bonchev–Trinajstić information content (AvgIpc) is 1.63. The quantitative estimate of drug-likeness (QED) is 0.557. The lowest BCUT2D eigenvalue weighted by Gasteiger charge is -2.11. The van der Waals surface area contributed by atoms with Crippen LogP contribution in [0.1, 0.15) is 54.4 Å². The molecule has 0 aromatic carbocycles. The highest BCUT2D eigenvalue weighted by Crippen LogP contribution is 2.15. The van der Waals surface area contributed by atoms with Gasteiger partial charge in [-0.2, -0.15) is 0 Å². The van der Waals surface area contributed by atoms with E-state index in [1.165, 1.54) is 19.3 Å². The van der Waals surface area contributed by atoms with Gasteiger partial charge in [-0.25, -0.2) is 0 Å². The number of hydrogen-bond donors (Lipinski definition) is 0. The summed E-state index contributed by atoms with van der Waals surface area (Å²) in [5.74, 6) is 1.82. The Morgan fingerprint density at radius 3 is 1.90 bits per heavy atom. The van der Waals surface area contributed by atoms with Crippen molar-refractivity contribution in [1.29, 1.82) is 0 Å². The average molecular weight is 144 g/mol. The fourth-order valence-corrected chi connectivity index (χ4v) is 1.42. The highest BCUT2D eigenvalue weighted by atomic mass is 14.1. The first-order valence-electron chi connectivity index (χ1n) is 4.16. The minimum atomic E-state index is 0. The van der Waals surface area contributed by atoms with E-state index in [1.807, 2.05) is 0 Å². The molecule has 0 heterocycles. The Bertz CT molecular complexity index is 55.1. The first kappa shape index (κ1) is 12.7. The van der Waals surface area contributed by atoms with Crippen LogP contribution in [-0.2, 0) is 0 Å². The molecule has 64 valence electrons. The standard InChI is InChI=1S/C9H20.CH4/c1-5-6-9(4)7-8(2)3;/h8-9H,5-7H2,1-4H3;1H4/t9-;/m1./s1. The third-order valence-corrected chi connectivity index (χ3v) is 1.66. The van der Waals surface area contributed by atoms with E-state index in [9.17, 15) is 0 Å². The molecule has 0 saturated heterocycles. The SMILES string of the molecule is C.CCC[C@@H](C)CC(C)C. The maximum Gasteiger partial charge on any atom is -0.0440 e. The number of rotatable bonds is 4. The molecule has 0 radical (unpaired) electrons. The van der Waals surface area contributed by atoms with E-state index >= 15 is 0 Å². The predicted octanol–water partition coefficient (Wildman–Crippen LogP) is 4.10. The predicted molar refractivity (Wildman–Crippen MR) is 50.3 cm³/mol. The molecule has 10 heavy (non-hydrogen) atoms. The molecule has 0 N–H and O–H groups in total. The molecule has 0 amide bonds. The molecule has 0 bridgehead atoms. The summed E-state index contributed by atoms with van der Waals surface area (Å²) in [6, 6.07) is 0. The summed E-state index contributed by atoms with van der Waals surface area (Å²) in [5, 5.41) is 0. The van der Waals surface area contributed by atoms with Crippen LogP contribution in [0.5, 0.6) is 0 Å². The van der Waals surface area contributed by atoms with Crippen molar-refractivity contribution in [3.05, 3.63) is 0 Å². The van der Waals surface area contributed by atoms with E-state index < -0.39 is 0 Å². The van der Waals surface area contributed by atoms with Crippen LogP contribution in [-0.4, -0.2) is 0 Å². The van der Waals surface area contributed by atoms with Crippen LogP contribution in [0.4, 0.5) is 0 Å². The summed E-state index contributed by atoms with van der Waals surface area (Å²) in [6.45, 7) is 9.21. The van der Waals surface area contributed by atoms with Crippen molar-refractivity contribution in [1.82, 2.24) is 0 Å². The normalized spacial score (nSPS) is 12.9. The molecule has 0 aliphatic rings. The summed E-state index contributed by atoms with van der Waals surface area (Å²) >= 11 is 0. The van der Waals surface area contributed by atoms with Gasteiger partial charge in [0.1, 0.15) is 0 Å². The molecule has 0 nitrogen and oxygen atoms in total. The molecule has 0 rings (SSSR count). The van der Waals surface area contributed by atoms with Crippen LogP contribution >= 0.6 is 0 Å². The van der Waals surface area contributed by atoms with Gasteiger partial charge in [0.15, 0.2) is 0 Å². The summed E-state index contributed by atoms with van der Waals surface area (Å²) in [5.41, 5.74) is 0. The van der Waals surface area contributed by atoms with Gasteiger partial charge in [-0.15, -0.1) is 0 Å². The van der Waals surface area contributed by atoms with Gasteiger partial charge in [-0.3, -0.25) is 0 Å². The lowest BCUT2D eigenvalue weighted by atomic mass is 9.95. The van der Waals surface area contributed by atoms with Gasteiger partial charge in [0.2, 0.25) is 0 Å². The maximum absolute atomic E-state index is 2.35. The van der Waals surface area contributed by atoms with Crippen LogP contribution in [0, 0.1) is 11.8 Å². The van der Waals surface area contributed by atoms with Crippen molar-refractivity contribution in [2.45, 2.75) is 54.4 Å². The van der Waals surface area contributed by atoms with E-state index in [0.717, 1.165) is 11.8 Å². The summed E-state index contributed by atoms with van der Waals surface area (Å²) in [6.07, 6.45) is 4.14. The van der Waals surface area contributed by atoms with Crippen LogP contribution in [0.3, 0.4) is 0 Å². The third-order valence-electron chi connectivity index (χ3n) is 1.66. The highest BCUT2D eigenvalue weighted by molar-refractivity contribution is 4.54. The lowest BCUT2D eigenvalue weighted by molar-refractivity contribution is 0.412. The molecule has 0 heteroatoms. The zero-order chi connectivity index (χ0) is 7.28. The number of hydrogen-bond acceptors (Lipinski definition) is 0. The first-order valence-corrected chi connectivity index (χ1v) is 4.16. The fraction of sp³-hybridized carbons (Fsp3) is 1.00. The molecular weight excluding hydrogens is 120 g/mol. The Morgan fingerprint density at radius 1 is 1.10 bits per heavy atom. The Balaban J connectivity index is 0. The molecule has 0 aliphatic heterocycles. The molecule has 0 fully saturated rings. The van der Waals surface area contributed by atoms with Crippen molar-refractivity contribution in [2.75, 3.05) is 0 Å². The van der Waals surface area contributed by atoms with Gasteiger partial charge in [0, 0.05) is 0 Å². The molecule has 0 unspecified atom stereocenters. The van der Waals surface area contributed by atoms with Gasteiger partial charge >= 0.3 is 0 Å². The van der Waals surface area contributed by atoms with Crippen molar-refractivity contribution < 1.29 is 0 Å². The Labute approximate surface area is 67.0 Å². The largest absolute Gasteiger partial charge is 0.0776 e. The van der Waals surface area contributed by atoms with E-state index in [-0.39, 0.29) is 7.43 Å². The summed E-state index contributed by atoms with van der Waals surface area (Å²) < 4.78 is 0. The summed E-state index contributed by atoms with van der Waals surface area (Å²) in [7, 11) is 0. The van der Waals surface area contributed by atoms with Crippen LogP contribution in [0.2, 0.25) is 0 Å². The fourth-order valence-electron chi connectivity index (χ4n) is 1.42. The monoisotopic (exact) mass is 144 g/mol. The molecule has 0 aliphatic carbocycles. The van der Waals surface area contributed by atoms with Gasteiger partial charge in [0.05, 0.1) is 0 Å². The van der Waals surface area contributed by atoms with Crippen LogP contribution in [0.15, 0.2) is 0 Å². The minimum Gasteiger partial charge on any atom is -0.0776 e. The Morgan fingerprint density at radius 2 is 1.60 bits per heavy atom. The van der Waals surface area contributed by atoms with Crippen molar-refractivity contribution in [3.8, 4) is 0 Å². The molecular formula is C10H24. The van der Waals surface area contributed by atoms with E-state index in [4.69, 9.17) is 0 Å². The highest BCUT2D eigenvalue weighted by Gasteiger charge is 2.02. The summed E-state index contributed by atoms with van der Waals surface area (Å²) in [4.78, 5) is 0. The molecule has 0 aromatic heterocycles. The van der Waals surface area contributed by atoms with Crippen LogP contribution in [0.25, 0.3) is 0 Å². The van der Waals surface area contributed by atoms with Gasteiger partial charge in [-0.05, 0) is 18.3 Å².